The van der Waals surface area contributed by atoms with Crippen LogP contribution in [0.3, 0.4) is 0 Å². The van der Waals surface area contributed by atoms with Crippen molar-refractivity contribution in [2.45, 2.75) is 25.3 Å². The van der Waals surface area contributed by atoms with Gasteiger partial charge < -0.3 is 9.47 Å². The van der Waals surface area contributed by atoms with Gasteiger partial charge in [-0.15, -0.1) is 13.2 Å². The molecule has 1 aliphatic heterocycles. The highest BCUT2D eigenvalue weighted by Gasteiger charge is 2.32. The highest BCUT2D eigenvalue weighted by molar-refractivity contribution is 7.89. The minimum Gasteiger partial charge on any atom is -0.490 e. The molecule has 0 saturated carbocycles. The van der Waals surface area contributed by atoms with Crippen molar-refractivity contribution in [2.24, 2.45) is 0 Å². The second-order valence-corrected chi connectivity index (χ2v) is 7.50. The van der Waals surface area contributed by atoms with Crippen LogP contribution in [0.1, 0.15) is 12.8 Å². The van der Waals surface area contributed by atoms with E-state index in [0.29, 0.717) is 18.6 Å². The monoisotopic (exact) mass is 398 g/mol. The predicted molar refractivity (Wildman–Crippen MR) is 82.1 cm³/mol. The first-order valence-corrected chi connectivity index (χ1v) is 9.13. The Balaban J connectivity index is 1.86. The number of carbonyl (C=O) groups excluding carboxylic acids is 1. The molecule has 2 N–H and O–H groups in total. The molecule has 1 aliphatic rings. The van der Waals surface area contributed by atoms with Gasteiger partial charge in [0.15, 0.2) is 0 Å². The molecule has 0 aromatic heterocycles. The fourth-order valence-corrected chi connectivity index (χ4v) is 3.78. The zero-order valence-electron chi connectivity index (χ0n) is 13.4. The lowest BCUT2D eigenvalue weighted by atomic mass is 10.1. The molecule has 1 saturated heterocycles. The Hall–Kier alpha value is -2.05. The molecular weight excluding hydrogens is 381 g/mol. The molecule has 0 atom stereocenters. The van der Waals surface area contributed by atoms with E-state index in [0.717, 1.165) is 16.4 Å². The summed E-state index contributed by atoms with van der Waals surface area (Å²) in [4.78, 5) is 11.0. The Bertz CT molecular complexity index is 715. The Kier molecular flexibility index (Phi) is 6.31. The van der Waals surface area contributed by atoms with Gasteiger partial charge in [-0.1, -0.05) is 0 Å². The number of nitrogens with zero attached hydrogens (tertiary/aromatic N) is 1. The van der Waals surface area contributed by atoms with Gasteiger partial charge in [-0.05, 0) is 37.1 Å². The number of halogens is 3. The number of hydroxylamine groups is 1. The fraction of sp³-hybridized carbons (Fsp3) is 0.500. The standard InChI is InChI=1S/C14H17F3N2O6S/c15-14(16,17)25-12-3-1-10(2-4-12)24-11-5-7-19(8-6-11)26(22,23)9-13(20)18-21/h1-4,11,21H,5-9H2,(H,18,20). The zero-order valence-corrected chi connectivity index (χ0v) is 14.2. The molecule has 0 spiro atoms. The van der Waals surface area contributed by atoms with E-state index in [9.17, 15) is 26.4 Å². The summed E-state index contributed by atoms with van der Waals surface area (Å²) in [5.41, 5.74) is 1.27. The summed E-state index contributed by atoms with van der Waals surface area (Å²) in [6.45, 7) is 0.252. The Morgan fingerprint density at radius 3 is 2.23 bits per heavy atom. The van der Waals surface area contributed by atoms with Gasteiger partial charge >= 0.3 is 6.36 Å². The van der Waals surface area contributed by atoms with Crippen molar-refractivity contribution in [1.82, 2.24) is 9.79 Å². The molecule has 0 radical (unpaired) electrons. The first kappa shape index (κ1) is 20.3. The Morgan fingerprint density at radius 2 is 1.73 bits per heavy atom. The van der Waals surface area contributed by atoms with Crippen LogP contribution in [0.2, 0.25) is 0 Å². The number of benzene rings is 1. The van der Waals surface area contributed by atoms with Crippen molar-refractivity contribution in [3.05, 3.63) is 24.3 Å². The molecule has 2 rings (SSSR count). The summed E-state index contributed by atoms with van der Waals surface area (Å²) in [7, 11) is -3.83. The largest absolute Gasteiger partial charge is 0.573 e. The van der Waals surface area contributed by atoms with E-state index < -0.39 is 28.0 Å². The van der Waals surface area contributed by atoms with E-state index in [1.165, 1.54) is 17.6 Å². The third-order valence-electron chi connectivity index (χ3n) is 3.59. The maximum absolute atomic E-state index is 12.1. The van der Waals surface area contributed by atoms with Crippen LogP contribution in [0, 0.1) is 0 Å². The van der Waals surface area contributed by atoms with Crippen molar-refractivity contribution in [1.29, 1.82) is 0 Å². The van der Waals surface area contributed by atoms with E-state index in [1.54, 1.807) is 0 Å². The van der Waals surface area contributed by atoms with Gasteiger partial charge in [-0.2, -0.15) is 0 Å². The first-order chi connectivity index (χ1) is 12.1. The average molecular weight is 398 g/mol. The lowest BCUT2D eigenvalue weighted by Gasteiger charge is -2.31. The fourth-order valence-electron chi connectivity index (χ4n) is 2.43. The van der Waals surface area contributed by atoms with Crippen LogP contribution in [-0.2, 0) is 14.8 Å². The molecule has 1 fully saturated rings. The topological polar surface area (TPSA) is 105 Å². The highest BCUT2D eigenvalue weighted by atomic mass is 32.2. The lowest BCUT2D eigenvalue weighted by molar-refractivity contribution is -0.274. The third-order valence-corrected chi connectivity index (χ3v) is 5.37. The Morgan fingerprint density at radius 1 is 1.19 bits per heavy atom. The molecule has 1 heterocycles. The van der Waals surface area contributed by atoms with Gasteiger partial charge in [0.2, 0.25) is 10.0 Å². The van der Waals surface area contributed by atoms with Gasteiger partial charge in [0.1, 0.15) is 23.4 Å². The normalized spacial score (nSPS) is 16.9. The number of carbonyl (C=O) groups is 1. The number of sulfonamides is 1. The van der Waals surface area contributed by atoms with Crippen LogP contribution in [0.25, 0.3) is 0 Å². The smallest absolute Gasteiger partial charge is 0.490 e. The van der Waals surface area contributed by atoms with Crippen LogP contribution < -0.4 is 15.0 Å². The van der Waals surface area contributed by atoms with Crippen LogP contribution in [-0.4, -0.2) is 55.1 Å². The second kappa shape index (κ2) is 8.10. The molecule has 0 bridgehead atoms. The minimum absolute atomic E-state index is 0.126. The number of hydrogen-bond donors (Lipinski definition) is 2. The number of hydrogen-bond acceptors (Lipinski definition) is 6. The van der Waals surface area contributed by atoms with Crippen molar-refractivity contribution >= 4 is 15.9 Å². The quantitative estimate of drug-likeness (QED) is 0.552. The van der Waals surface area contributed by atoms with Crippen LogP contribution in [0.15, 0.2) is 24.3 Å². The van der Waals surface area contributed by atoms with Gasteiger partial charge in [-0.25, -0.2) is 18.2 Å². The molecule has 26 heavy (non-hydrogen) atoms. The molecule has 1 amide bonds. The van der Waals surface area contributed by atoms with E-state index >= 15 is 0 Å². The van der Waals surface area contributed by atoms with Gasteiger partial charge in [0.05, 0.1) is 0 Å². The molecule has 8 nitrogen and oxygen atoms in total. The molecule has 1 aromatic carbocycles. The first-order valence-electron chi connectivity index (χ1n) is 7.52. The summed E-state index contributed by atoms with van der Waals surface area (Å²) in [6.07, 6.45) is -4.39. The number of piperidine rings is 1. The van der Waals surface area contributed by atoms with Crippen molar-refractivity contribution in [3.63, 3.8) is 0 Å². The molecule has 1 aromatic rings. The number of alkyl halides is 3. The average Bonchev–Trinajstić information content (AvgIpc) is 2.55. The predicted octanol–water partition coefficient (Wildman–Crippen LogP) is 1.26. The summed E-state index contributed by atoms with van der Waals surface area (Å²) in [5.74, 6) is -1.91. The second-order valence-electron chi connectivity index (χ2n) is 5.53. The van der Waals surface area contributed by atoms with Gasteiger partial charge in [0.25, 0.3) is 5.91 Å². The SMILES string of the molecule is O=C(CS(=O)(=O)N1CCC(Oc2ccc(OC(F)(F)F)cc2)CC1)NO. The number of amides is 1. The van der Waals surface area contributed by atoms with Crippen LogP contribution in [0.5, 0.6) is 11.5 Å². The van der Waals surface area contributed by atoms with Crippen LogP contribution in [0.4, 0.5) is 13.2 Å². The molecule has 0 unspecified atom stereocenters. The third kappa shape index (κ3) is 6.04. The van der Waals surface area contributed by atoms with Crippen molar-refractivity contribution in [3.8, 4) is 11.5 Å². The summed E-state index contributed by atoms with van der Waals surface area (Å²) >= 11 is 0. The summed E-state index contributed by atoms with van der Waals surface area (Å²) in [6, 6.07) is 4.90. The summed E-state index contributed by atoms with van der Waals surface area (Å²) in [5, 5.41) is 8.41. The molecule has 12 heteroatoms. The van der Waals surface area contributed by atoms with Crippen LogP contribution >= 0.6 is 0 Å². The maximum atomic E-state index is 12.1. The summed E-state index contributed by atoms with van der Waals surface area (Å²) < 4.78 is 70.8. The van der Waals surface area contributed by atoms with E-state index in [4.69, 9.17) is 9.94 Å². The molecular formula is C14H17F3N2O6S. The number of rotatable bonds is 6. The lowest BCUT2D eigenvalue weighted by Crippen LogP contribution is -2.45. The van der Waals surface area contributed by atoms with E-state index in [1.807, 2.05) is 0 Å². The van der Waals surface area contributed by atoms with Crippen molar-refractivity contribution < 1.29 is 41.1 Å². The van der Waals surface area contributed by atoms with Gasteiger partial charge in [0, 0.05) is 13.1 Å². The molecule has 0 aliphatic carbocycles. The highest BCUT2D eigenvalue weighted by Crippen LogP contribution is 2.26. The molecule has 146 valence electrons. The maximum Gasteiger partial charge on any atom is 0.573 e. The number of ether oxygens (including phenoxy) is 2. The Labute approximate surface area is 147 Å². The van der Waals surface area contributed by atoms with Gasteiger partial charge in [-0.3, -0.25) is 10.0 Å². The number of nitrogens with one attached hydrogen (secondary N) is 1. The minimum atomic E-state index is -4.77. The zero-order chi connectivity index (χ0) is 19.4. The van der Waals surface area contributed by atoms with E-state index in [2.05, 4.69) is 4.74 Å². The van der Waals surface area contributed by atoms with Crippen molar-refractivity contribution in [2.75, 3.05) is 18.8 Å². The van der Waals surface area contributed by atoms with E-state index in [-0.39, 0.29) is 24.9 Å².